The minimum Gasteiger partial charge on any atom is -0.380 e. The third-order valence-electron chi connectivity index (χ3n) is 10.5. The first-order valence-corrected chi connectivity index (χ1v) is 12.0. The van der Waals surface area contributed by atoms with E-state index in [2.05, 4.69) is 26.3 Å². The number of carbonyl (C=O) groups is 2. The van der Waals surface area contributed by atoms with Gasteiger partial charge in [-0.3, -0.25) is 9.59 Å². The molecular formula is C28H36O3. The number of allylic oxidation sites excluding steroid dienone is 4. The maximum absolute atomic E-state index is 14.5. The first kappa shape index (κ1) is 21.1. The third kappa shape index (κ3) is 2.06. The quantitative estimate of drug-likeness (QED) is 0.473. The molecule has 1 spiro atoms. The Kier molecular flexibility index (Phi) is 4.69. The average Bonchev–Trinajstić information content (AvgIpc) is 3.47. The van der Waals surface area contributed by atoms with E-state index in [9.17, 15) is 9.59 Å². The molecule has 0 bridgehead atoms. The molecule has 0 aromatic heterocycles. The second-order valence-electron chi connectivity index (χ2n) is 10.9. The van der Waals surface area contributed by atoms with Gasteiger partial charge < -0.3 is 4.74 Å². The zero-order chi connectivity index (χ0) is 22.2. The molecular weight excluding hydrogens is 384 g/mol. The zero-order valence-corrected chi connectivity index (χ0v) is 18.9. The Morgan fingerprint density at radius 3 is 2.00 bits per heavy atom. The molecule has 5 saturated carbocycles. The molecule has 0 heterocycles. The third-order valence-corrected chi connectivity index (χ3v) is 10.5. The lowest BCUT2D eigenvalue weighted by atomic mass is 9.62. The molecule has 0 saturated heterocycles. The highest BCUT2D eigenvalue weighted by atomic mass is 16.5. The van der Waals surface area contributed by atoms with Gasteiger partial charge in [-0.2, -0.15) is 0 Å². The zero-order valence-electron chi connectivity index (χ0n) is 18.9. The van der Waals surface area contributed by atoms with Crippen LogP contribution in [-0.2, 0) is 14.3 Å². The van der Waals surface area contributed by atoms with Crippen molar-refractivity contribution in [2.45, 2.75) is 51.0 Å². The molecule has 5 rings (SSSR count). The number of hydrogen-bond acceptors (Lipinski definition) is 3. The molecule has 5 aliphatic carbocycles. The van der Waals surface area contributed by atoms with Crippen molar-refractivity contribution in [1.82, 2.24) is 0 Å². The van der Waals surface area contributed by atoms with E-state index in [0.717, 1.165) is 19.3 Å². The van der Waals surface area contributed by atoms with Crippen molar-refractivity contribution in [2.75, 3.05) is 7.11 Å². The summed E-state index contributed by atoms with van der Waals surface area (Å²) < 4.78 is 6.05. The van der Waals surface area contributed by atoms with Gasteiger partial charge in [-0.1, -0.05) is 24.3 Å². The van der Waals surface area contributed by atoms with Gasteiger partial charge in [0.25, 0.3) is 0 Å². The lowest BCUT2D eigenvalue weighted by Crippen LogP contribution is -2.48. The molecule has 5 fully saturated rings. The average molecular weight is 421 g/mol. The summed E-state index contributed by atoms with van der Waals surface area (Å²) in [4.78, 5) is 28.7. The number of methoxy groups -OCH3 is 1. The summed E-state index contributed by atoms with van der Waals surface area (Å²) in [7, 11) is 1.76. The smallest absolute Gasteiger partial charge is 0.149 e. The summed E-state index contributed by atoms with van der Waals surface area (Å²) in [6, 6.07) is 0. The normalized spacial score (nSPS) is 44.9. The van der Waals surface area contributed by atoms with Crippen LogP contribution in [0.3, 0.4) is 0 Å². The molecule has 31 heavy (non-hydrogen) atoms. The van der Waals surface area contributed by atoms with Crippen LogP contribution in [0, 0.1) is 51.8 Å². The summed E-state index contributed by atoms with van der Waals surface area (Å²) in [5.74, 6) is 1.98. The Labute approximate surface area is 186 Å². The van der Waals surface area contributed by atoms with Gasteiger partial charge in [0.2, 0.25) is 0 Å². The van der Waals surface area contributed by atoms with E-state index in [0.29, 0.717) is 49.1 Å². The summed E-state index contributed by atoms with van der Waals surface area (Å²) in [5.41, 5.74) is -1.34. The highest BCUT2D eigenvalue weighted by Gasteiger charge is 2.86. The maximum Gasteiger partial charge on any atom is 0.149 e. The number of ether oxygens (including phenoxy) is 1. The van der Waals surface area contributed by atoms with Crippen LogP contribution in [-0.4, -0.2) is 24.8 Å². The second-order valence-corrected chi connectivity index (χ2v) is 10.9. The number of ketones is 2. The molecule has 0 aromatic rings. The molecule has 8 atom stereocenters. The predicted octanol–water partition coefficient (Wildman–Crippen LogP) is 5.34. The Balaban J connectivity index is 1.74. The van der Waals surface area contributed by atoms with Crippen LogP contribution in [0.25, 0.3) is 0 Å². The van der Waals surface area contributed by atoms with Crippen molar-refractivity contribution in [2.24, 2.45) is 51.8 Å². The van der Waals surface area contributed by atoms with Crippen molar-refractivity contribution in [3.8, 4) is 0 Å². The standard InChI is InChI=1S/C28H36O3/c1-6-12-26(13-7-2)18-16-19-23-21(18)22(24(26)29)17-10-11-20(31-5)28(17,23)25(30)27(19,14-8-3)15-9-4/h6-9,17-23H,1-4,10-16H2,5H3. The van der Waals surface area contributed by atoms with Gasteiger partial charge in [0.05, 0.1) is 11.5 Å². The van der Waals surface area contributed by atoms with Crippen molar-refractivity contribution < 1.29 is 14.3 Å². The Bertz CT molecular complexity index is 847. The molecule has 3 heteroatoms. The Morgan fingerprint density at radius 2 is 1.45 bits per heavy atom. The Morgan fingerprint density at radius 1 is 0.871 bits per heavy atom. The number of carbonyl (C=O) groups excluding carboxylic acids is 2. The highest BCUT2D eigenvalue weighted by molar-refractivity contribution is 6.00. The monoisotopic (exact) mass is 420 g/mol. The minimum atomic E-state index is -0.500. The summed E-state index contributed by atoms with van der Waals surface area (Å²) in [6.07, 6.45) is 13.2. The minimum absolute atomic E-state index is 0.00513. The van der Waals surface area contributed by atoms with Crippen LogP contribution < -0.4 is 0 Å². The molecule has 3 nitrogen and oxygen atoms in total. The fourth-order valence-corrected chi connectivity index (χ4v) is 10.1. The molecule has 8 unspecified atom stereocenters. The molecule has 0 aliphatic heterocycles. The lowest BCUT2D eigenvalue weighted by molar-refractivity contribution is -0.145. The van der Waals surface area contributed by atoms with E-state index in [4.69, 9.17) is 4.74 Å². The summed E-state index contributed by atoms with van der Waals surface area (Å²) in [6.45, 7) is 16.1. The van der Waals surface area contributed by atoms with Gasteiger partial charge in [0.15, 0.2) is 0 Å². The number of Topliss-reactive ketones (excluding diaryl/α,β-unsaturated/α-hetero) is 2. The van der Waals surface area contributed by atoms with Gasteiger partial charge >= 0.3 is 0 Å². The first-order valence-electron chi connectivity index (χ1n) is 12.0. The van der Waals surface area contributed by atoms with Crippen molar-refractivity contribution in [3.05, 3.63) is 50.6 Å². The summed E-state index contributed by atoms with van der Waals surface area (Å²) >= 11 is 0. The van der Waals surface area contributed by atoms with Crippen LogP contribution in [0.1, 0.15) is 44.9 Å². The van der Waals surface area contributed by atoms with Gasteiger partial charge in [0, 0.05) is 23.9 Å². The SMILES string of the molecule is C=CCC1(CC=C)C(=O)C2C3C1CC1C3C3(C(=O)C1(CC=C)CC=C)C(OC)CCC23. The van der Waals surface area contributed by atoms with Gasteiger partial charge in [-0.05, 0) is 74.5 Å². The van der Waals surface area contributed by atoms with Crippen LogP contribution >= 0.6 is 0 Å². The predicted molar refractivity (Wildman–Crippen MR) is 122 cm³/mol. The molecule has 166 valence electrons. The molecule has 0 aromatic carbocycles. The van der Waals surface area contributed by atoms with Crippen LogP contribution in [0.5, 0.6) is 0 Å². The number of rotatable bonds is 9. The largest absolute Gasteiger partial charge is 0.380 e. The van der Waals surface area contributed by atoms with Crippen molar-refractivity contribution in [3.63, 3.8) is 0 Å². The maximum atomic E-state index is 14.5. The van der Waals surface area contributed by atoms with Gasteiger partial charge in [0.1, 0.15) is 11.6 Å². The van der Waals surface area contributed by atoms with Crippen molar-refractivity contribution in [1.29, 1.82) is 0 Å². The van der Waals surface area contributed by atoms with E-state index in [1.54, 1.807) is 7.11 Å². The number of fused-ring (bicyclic) bond motifs is 1. The van der Waals surface area contributed by atoms with Crippen molar-refractivity contribution >= 4 is 11.6 Å². The van der Waals surface area contributed by atoms with Crippen LogP contribution in [0.2, 0.25) is 0 Å². The van der Waals surface area contributed by atoms with Gasteiger partial charge in [-0.25, -0.2) is 0 Å². The van der Waals surface area contributed by atoms with Crippen LogP contribution in [0.4, 0.5) is 0 Å². The van der Waals surface area contributed by atoms with E-state index < -0.39 is 16.2 Å². The highest BCUT2D eigenvalue weighted by Crippen LogP contribution is 2.83. The fourth-order valence-electron chi connectivity index (χ4n) is 10.1. The lowest BCUT2D eigenvalue weighted by Gasteiger charge is -2.40. The second kappa shape index (κ2) is 6.88. The molecule has 0 radical (unpaired) electrons. The fraction of sp³-hybridized carbons (Fsp3) is 0.643. The molecule has 0 N–H and O–H groups in total. The molecule has 5 aliphatic rings. The van der Waals surface area contributed by atoms with Crippen LogP contribution in [0.15, 0.2) is 50.6 Å². The van der Waals surface area contributed by atoms with E-state index in [1.807, 2.05) is 24.3 Å². The molecule has 0 amide bonds. The summed E-state index contributed by atoms with van der Waals surface area (Å²) in [5, 5.41) is 0. The van der Waals surface area contributed by atoms with Gasteiger partial charge in [-0.15, -0.1) is 26.3 Å². The van der Waals surface area contributed by atoms with E-state index >= 15 is 0 Å². The van der Waals surface area contributed by atoms with E-state index in [1.165, 1.54) is 0 Å². The topological polar surface area (TPSA) is 43.4 Å². The van der Waals surface area contributed by atoms with E-state index in [-0.39, 0.29) is 29.8 Å². The first-order chi connectivity index (χ1) is 15.0. The Hall–Kier alpha value is -1.74. The number of hydrogen-bond donors (Lipinski definition) is 0.